The maximum absolute atomic E-state index is 12.6. The molecular formula is C16H20BrNO3. The maximum atomic E-state index is 12.6. The van der Waals surface area contributed by atoms with Crippen LogP contribution in [0.3, 0.4) is 0 Å². The van der Waals surface area contributed by atoms with E-state index in [4.69, 9.17) is 9.47 Å². The van der Waals surface area contributed by atoms with Gasteiger partial charge in [0.25, 0.3) is 0 Å². The second-order valence-corrected chi connectivity index (χ2v) is 7.20. The Morgan fingerprint density at radius 1 is 1.43 bits per heavy atom. The summed E-state index contributed by atoms with van der Waals surface area (Å²) in [5.74, 6) is 0.885. The van der Waals surface area contributed by atoms with Crippen LogP contribution in [0.1, 0.15) is 38.8 Å². The van der Waals surface area contributed by atoms with Gasteiger partial charge in [-0.3, -0.25) is 4.90 Å². The van der Waals surface area contributed by atoms with Crippen molar-refractivity contribution in [1.29, 1.82) is 0 Å². The Morgan fingerprint density at radius 2 is 2.14 bits per heavy atom. The number of hydrogen-bond donors (Lipinski definition) is 0. The van der Waals surface area contributed by atoms with Crippen LogP contribution >= 0.6 is 15.9 Å². The Hall–Kier alpha value is -1.23. The van der Waals surface area contributed by atoms with Gasteiger partial charge in [-0.05, 0) is 26.8 Å². The molecule has 1 aromatic carbocycles. The lowest BCUT2D eigenvalue weighted by molar-refractivity contribution is 0.0147. The number of halogens is 1. The lowest BCUT2D eigenvalue weighted by atomic mass is 10.00. The lowest BCUT2D eigenvalue weighted by Gasteiger charge is -2.31. The molecular weight excluding hydrogens is 334 g/mol. The number of ether oxygens (including phenoxy) is 2. The summed E-state index contributed by atoms with van der Waals surface area (Å²) in [7, 11) is 0. The number of hydrogen-bond acceptors (Lipinski definition) is 3. The number of rotatable bonds is 1. The standard InChI is InChI=1S/C16H20BrNO3/c1-16(2,3)21-15(19)18-11-8-14(12(18)9-17)20-13-7-5-4-6-10(11)13/h4-7,11-12,14H,8-9H2,1-3H3/t11-,12?,14-/m0/s1. The third-order valence-corrected chi connectivity index (χ3v) is 4.56. The van der Waals surface area contributed by atoms with Crippen molar-refractivity contribution in [3.63, 3.8) is 0 Å². The lowest BCUT2D eigenvalue weighted by Crippen LogP contribution is -2.44. The van der Waals surface area contributed by atoms with Crippen molar-refractivity contribution in [3.05, 3.63) is 29.8 Å². The highest BCUT2D eigenvalue weighted by Crippen LogP contribution is 2.47. The number of para-hydroxylation sites is 1. The summed E-state index contributed by atoms with van der Waals surface area (Å²) in [6.07, 6.45) is 0.587. The minimum atomic E-state index is -0.495. The molecule has 5 heteroatoms. The zero-order valence-corrected chi connectivity index (χ0v) is 14.1. The molecule has 0 aliphatic carbocycles. The maximum Gasteiger partial charge on any atom is 0.411 e. The molecule has 2 aliphatic heterocycles. The van der Waals surface area contributed by atoms with Crippen LogP contribution in [0.15, 0.2) is 24.3 Å². The summed E-state index contributed by atoms with van der Waals surface area (Å²) >= 11 is 3.52. The minimum absolute atomic E-state index is 0.00255. The van der Waals surface area contributed by atoms with Gasteiger partial charge >= 0.3 is 6.09 Å². The molecule has 0 radical (unpaired) electrons. The van der Waals surface area contributed by atoms with Crippen molar-refractivity contribution in [3.8, 4) is 5.75 Å². The van der Waals surface area contributed by atoms with Crippen LogP contribution < -0.4 is 4.74 Å². The van der Waals surface area contributed by atoms with Crippen molar-refractivity contribution in [2.45, 2.75) is 51.0 Å². The largest absolute Gasteiger partial charge is 0.488 e. The number of carbonyl (C=O) groups excluding carboxylic acids is 1. The Morgan fingerprint density at radius 3 is 2.81 bits per heavy atom. The van der Waals surface area contributed by atoms with Gasteiger partial charge in [0.05, 0.1) is 12.1 Å². The van der Waals surface area contributed by atoms with Crippen molar-refractivity contribution in [2.24, 2.45) is 0 Å². The monoisotopic (exact) mass is 353 g/mol. The van der Waals surface area contributed by atoms with Gasteiger partial charge in [0.1, 0.15) is 17.5 Å². The molecule has 1 amide bonds. The molecule has 0 spiro atoms. The van der Waals surface area contributed by atoms with Crippen LogP contribution in [0.25, 0.3) is 0 Å². The van der Waals surface area contributed by atoms with E-state index in [9.17, 15) is 4.79 Å². The SMILES string of the molecule is CC(C)(C)OC(=O)N1C(CBr)[C@@H]2C[C@H]1c1ccccc1O2. The van der Waals surface area contributed by atoms with Gasteiger partial charge in [0, 0.05) is 17.3 Å². The quantitative estimate of drug-likeness (QED) is 0.718. The number of amides is 1. The molecule has 2 aliphatic rings. The van der Waals surface area contributed by atoms with Gasteiger partial charge in [0.2, 0.25) is 0 Å². The molecule has 3 atom stereocenters. The summed E-state index contributed by atoms with van der Waals surface area (Å²) in [6.45, 7) is 5.67. The number of fused-ring (bicyclic) bond motifs is 4. The van der Waals surface area contributed by atoms with Gasteiger partial charge in [-0.15, -0.1) is 0 Å². The number of alkyl halides is 1. The van der Waals surface area contributed by atoms with E-state index in [-0.39, 0.29) is 24.3 Å². The molecule has 0 saturated carbocycles. The van der Waals surface area contributed by atoms with E-state index in [2.05, 4.69) is 15.9 Å². The second-order valence-electron chi connectivity index (χ2n) is 6.55. The van der Waals surface area contributed by atoms with Crippen molar-refractivity contribution in [1.82, 2.24) is 4.90 Å². The summed E-state index contributed by atoms with van der Waals surface area (Å²) in [6, 6.07) is 7.99. The number of nitrogens with zero attached hydrogens (tertiary/aromatic N) is 1. The molecule has 21 heavy (non-hydrogen) atoms. The van der Waals surface area contributed by atoms with Crippen LogP contribution in [0.5, 0.6) is 5.75 Å². The number of likely N-dealkylation sites (tertiary alicyclic amines) is 1. The van der Waals surface area contributed by atoms with Crippen LogP contribution in [-0.4, -0.2) is 34.1 Å². The summed E-state index contributed by atoms with van der Waals surface area (Å²) in [4.78, 5) is 14.5. The average Bonchev–Trinajstić information content (AvgIpc) is 2.70. The average molecular weight is 354 g/mol. The van der Waals surface area contributed by atoms with Gasteiger partial charge < -0.3 is 9.47 Å². The first-order valence-electron chi connectivity index (χ1n) is 7.23. The fourth-order valence-corrected chi connectivity index (χ4v) is 3.81. The Balaban J connectivity index is 1.94. The predicted octanol–water partition coefficient (Wildman–Crippen LogP) is 3.89. The van der Waals surface area contributed by atoms with E-state index < -0.39 is 5.60 Å². The zero-order valence-electron chi connectivity index (χ0n) is 12.5. The number of carbonyl (C=O) groups is 1. The van der Waals surface area contributed by atoms with Crippen molar-refractivity contribution in [2.75, 3.05) is 5.33 Å². The summed E-state index contributed by atoms with van der Waals surface area (Å²) < 4.78 is 11.6. The fraction of sp³-hybridized carbons (Fsp3) is 0.562. The highest BCUT2D eigenvalue weighted by Gasteiger charge is 2.50. The summed E-state index contributed by atoms with van der Waals surface area (Å²) in [5, 5.41) is 0.682. The third-order valence-electron chi connectivity index (χ3n) is 3.90. The normalized spacial score (nSPS) is 27.0. The van der Waals surface area contributed by atoms with E-state index in [0.717, 1.165) is 17.7 Å². The third kappa shape index (κ3) is 2.63. The first-order valence-corrected chi connectivity index (χ1v) is 8.36. The topological polar surface area (TPSA) is 38.8 Å². The van der Waals surface area contributed by atoms with Crippen molar-refractivity contribution >= 4 is 22.0 Å². The van der Waals surface area contributed by atoms with Crippen LogP contribution in [0.4, 0.5) is 4.79 Å². The fourth-order valence-electron chi connectivity index (χ4n) is 3.08. The first-order chi connectivity index (χ1) is 9.90. The Kier molecular flexibility index (Phi) is 3.64. The molecule has 1 unspecified atom stereocenters. The second kappa shape index (κ2) is 5.20. The van der Waals surface area contributed by atoms with E-state index in [1.54, 1.807) is 0 Å². The van der Waals surface area contributed by atoms with Gasteiger partial charge in [-0.25, -0.2) is 4.79 Å². The molecule has 114 valence electrons. The van der Waals surface area contributed by atoms with E-state index in [1.807, 2.05) is 49.9 Å². The van der Waals surface area contributed by atoms with Crippen molar-refractivity contribution < 1.29 is 14.3 Å². The summed E-state index contributed by atoms with van der Waals surface area (Å²) in [5.41, 5.74) is 0.577. The number of benzene rings is 1. The minimum Gasteiger partial charge on any atom is -0.488 e. The van der Waals surface area contributed by atoms with E-state index >= 15 is 0 Å². The van der Waals surface area contributed by atoms with Crippen LogP contribution in [0, 0.1) is 0 Å². The Labute approximate surface area is 133 Å². The molecule has 2 bridgehead atoms. The van der Waals surface area contributed by atoms with E-state index in [0.29, 0.717) is 5.33 Å². The highest BCUT2D eigenvalue weighted by atomic mass is 79.9. The molecule has 0 aromatic heterocycles. The van der Waals surface area contributed by atoms with Crippen LogP contribution in [0.2, 0.25) is 0 Å². The van der Waals surface area contributed by atoms with Gasteiger partial charge in [-0.2, -0.15) is 0 Å². The van der Waals surface area contributed by atoms with Crippen LogP contribution in [-0.2, 0) is 4.74 Å². The first kappa shape index (κ1) is 14.7. The Bertz CT molecular complexity index is 555. The molecule has 1 saturated heterocycles. The molecule has 2 heterocycles. The molecule has 0 N–H and O–H groups in total. The molecule has 1 aromatic rings. The highest BCUT2D eigenvalue weighted by molar-refractivity contribution is 9.09. The van der Waals surface area contributed by atoms with E-state index in [1.165, 1.54) is 0 Å². The molecule has 1 fully saturated rings. The smallest absolute Gasteiger partial charge is 0.411 e. The molecule has 4 nitrogen and oxygen atoms in total. The van der Waals surface area contributed by atoms with Gasteiger partial charge in [-0.1, -0.05) is 34.1 Å². The zero-order chi connectivity index (χ0) is 15.2. The predicted molar refractivity (Wildman–Crippen MR) is 83.9 cm³/mol. The molecule has 3 rings (SSSR count). The van der Waals surface area contributed by atoms with Gasteiger partial charge in [0.15, 0.2) is 0 Å².